The zero-order chi connectivity index (χ0) is 22.4. The predicted molar refractivity (Wildman–Crippen MR) is 126 cm³/mol. The summed E-state index contributed by atoms with van der Waals surface area (Å²) >= 11 is 6.47. The SMILES string of the molecule is CCOc1ccc(NC(=O)CN2C(=O)/C(=C\c3ccc(OC)c(OC)c3)SC2=S)cc1. The van der Waals surface area contributed by atoms with E-state index in [1.807, 2.05) is 13.0 Å². The molecule has 0 bridgehead atoms. The van der Waals surface area contributed by atoms with E-state index in [1.54, 1.807) is 56.7 Å². The van der Waals surface area contributed by atoms with Crippen molar-refractivity contribution in [2.24, 2.45) is 0 Å². The van der Waals surface area contributed by atoms with Crippen molar-refractivity contribution in [3.05, 3.63) is 52.9 Å². The molecule has 0 radical (unpaired) electrons. The van der Waals surface area contributed by atoms with Crippen LogP contribution in [0.3, 0.4) is 0 Å². The van der Waals surface area contributed by atoms with Gasteiger partial charge in [0.2, 0.25) is 5.91 Å². The monoisotopic (exact) mass is 458 g/mol. The number of nitrogens with zero attached hydrogens (tertiary/aromatic N) is 1. The van der Waals surface area contributed by atoms with E-state index >= 15 is 0 Å². The number of methoxy groups -OCH3 is 2. The summed E-state index contributed by atoms with van der Waals surface area (Å²) in [5.74, 6) is 1.22. The van der Waals surface area contributed by atoms with Gasteiger partial charge in [0.25, 0.3) is 5.91 Å². The first-order chi connectivity index (χ1) is 14.9. The largest absolute Gasteiger partial charge is 0.494 e. The fraction of sp³-hybridized carbons (Fsp3) is 0.227. The molecule has 0 spiro atoms. The van der Waals surface area contributed by atoms with E-state index in [0.29, 0.717) is 33.0 Å². The first-order valence-electron chi connectivity index (χ1n) is 9.45. The van der Waals surface area contributed by atoms with Gasteiger partial charge in [-0.25, -0.2) is 0 Å². The third-order valence-corrected chi connectivity index (χ3v) is 5.71. The Morgan fingerprint density at radius 3 is 2.48 bits per heavy atom. The molecule has 2 amide bonds. The number of carbonyl (C=O) groups excluding carboxylic acids is 2. The number of carbonyl (C=O) groups is 2. The molecule has 3 rings (SSSR count). The Hall–Kier alpha value is -3.04. The van der Waals surface area contributed by atoms with E-state index in [4.69, 9.17) is 26.4 Å². The first kappa shape index (κ1) is 22.6. The van der Waals surface area contributed by atoms with Crippen molar-refractivity contribution in [3.63, 3.8) is 0 Å². The minimum atomic E-state index is -0.340. The molecule has 0 saturated carbocycles. The quantitative estimate of drug-likeness (QED) is 0.474. The van der Waals surface area contributed by atoms with Crippen LogP contribution in [0.5, 0.6) is 17.2 Å². The highest BCUT2D eigenvalue weighted by Gasteiger charge is 2.33. The molecule has 2 aromatic rings. The summed E-state index contributed by atoms with van der Waals surface area (Å²) in [7, 11) is 3.10. The van der Waals surface area contributed by atoms with Crippen LogP contribution in [-0.2, 0) is 9.59 Å². The lowest BCUT2D eigenvalue weighted by atomic mass is 10.2. The third kappa shape index (κ3) is 5.56. The van der Waals surface area contributed by atoms with E-state index in [-0.39, 0.29) is 18.4 Å². The summed E-state index contributed by atoms with van der Waals surface area (Å²) in [4.78, 5) is 27.0. The van der Waals surface area contributed by atoms with Crippen LogP contribution in [0.25, 0.3) is 6.08 Å². The molecule has 7 nitrogen and oxygen atoms in total. The summed E-state index contributed by atoms with van der Waals surface area (Å²) in [6, 6.07) is 12.4. The maximum Gasteiger partial charge on any atom is 0.266 e. The van der Waals surface area contributed by atoms with Gasteiger partial charge in [0.05, 0.1) is 25.7 Å². The van der Waals surface area contributed by atoms with Crippen molar-refractivity contribution in [2.45, 2.75) is 6.92 Å². The number of hydrogen-bond donors (Lipinski definition) is 1. The Balaban J connectivity index is 1.67. The smallest absolute Gasteiger partial charge is 0.266 e. The van der Waals surface area contributed by atoms with Gasteiger partial charge in [-0.05, 0) is 55.0 Å². The zero-order valence-electron chi connectivity index (χ0n) is 17.3. The molecule has 2 aromatic carbocycles. The average molecular weight is 459 g/mol. The highest BCUT2D eigenvalue weighted by atomic mass is 32.2. The van der Waals surface area contributed by atoms with Gasteiger partial charge >= 0.3 is 0 Å². The Morgan fingerprint density at radius 1 is 1.13 bits per heavy atom. The number of anilines is 1. The van der Waals surface area contributed by atoms with E-state index in [9.17, 15) is 9.59 Å². The van der Waals surface area contributed by atoms with Crippen LogP contribution in [0.2, 0.25) is 0 Å². The number of nitrogens with one attached hydrogen (secondary N) is 1. The topological polar surface area (TPSA) is 77.1 Å². The van der Waals surface area contributed by atoms with Gasteiger partial charge in [0.15, 0.2) is 11.5 Å². The maximum atomic E-state index is 12.8. The van der Waals surface area contributed by atoms with Gasteiger partial charge in [0, 0.05) is 5.69 Å². The lowest BCUT2D eigenvalue weighted by molar-refractivity contribution is -0.126. The van der Waals surface area contributed by atoms with Crippen molar-refractivity contribution in [1.82, 2.24) is 4.90 Å². The van der Waals surface area contributed by atoms with Crippen LogP contribution in [0.15, 0.2) is 47.4 Å². The lowest BCUT2D eigenvalue weighted by Gasteiger charge is -2.14. The molecule has 31 heavy (non-hydrogen) atoms. The summed E-state index contributed by atoms with van der Waals surface area (Å²) in [5, 5.41) is 2.76. The molecule has 1 fully saturated rings. The Kier molecular flexibility index (Phi) is 7.54. The molecule has 1 aliphatic heterocycles. The van der Waals surface area contributed by atoms with Crippen LogP contribution in [0, 0.1) is 0 Å². The Labute approximate surface area is 190 Å². The molecule has 1 N–H and O–H groups in total. The number of ether oxygens (including phenoxy) is 3. The number of hydrogen-bond acceptors (Lipinski definition) is 7. The van der Waals surface area contributed by atoms with Crippen LogP contribution >= 0.6 is 24.0 Å². The normalized spacial score (nSPS) is 14.7. The van der Waals surface area contributed by atoms with Gasteiger partial charge in [-0.1, -0.05) is 30.0 Å². The highest BCUT2D eigenvalue weighted by Crippen LogP contribution is 2.34. The van der Waals surface area contributed by atoms with Gasteiger partial charge in [-0.3, -0.25) is 14.5 Å². The Morgan fingerprint density at radius 2 is 1.84 bits per heavy atom. The lowest BCUT2D eigenvalue weighted by Crippen LogP contribution is -2.36. The molecule has 0 atom stereocenters. The van der Waals surface area contributed by atoms with Gasteiger partial charge < -0.3 is 19.5 Å². The van der Waals surface area contributed by atoms with E-state index in [1.165, 1.54) is 4.90 Å². The fourth-order valence-electron chi connectivity index (χ4n) is 2.88. The molecule has 162 valence electrons. The standard InChI is InChI=1S/C22H22N2O5S2/c1-4-29-16-8-6-15(7-9-16)23-20(25)13-24-21(26)19(31-22(24)30)12-14-5-10-17(27-2)18(11-14)28-3/h5-12H,4,13H2,1-3H3,(H,23,25)/b19-12+. The summed E-state index contributed by atoms with van der Waals surface area (Å²) < 4.78 is 16.2. The molecule has 1 aliphatic rings. The molecule has 1 saturated heterocycles. The van der Waals surface area contributed by atoms with Crippen molar-refractivity contribution < 1.29 is 23.8 Å². The van der Waals surface area contributed by atoms with Gasteiger partial charge in [-0.2, -0.15) is 0 Å². The van der Waals surface area contributed by atoms with Crippen LogP contribution in [0.1, 0.15) is 12.5 Å². The van der Waals surface area contributed by atoms with Crippen molar-refractivity contribution in [3.8, 4) is 17.2 Å². The Bertz CT molecular complexity index is 1020. The second kappa shape index (κ2) is 10.3. The molecular formula is C22H22N2O5S2. The molecule has 9 heteroatoms. The van der Waals surface area contributed by atoms with Crippen molar-refractivity contribution in [1.29, 1.82) is 0 Å². The number of benzene rings is 2. The second-order valence-electron chi connectivity index (χ2n) is 6.39. The molecular weight excluding hydrogens is 436 g/mol. The molecule has 1 heterocycles. The summed E-state index contributed by atoms with van der Waals surface area (Å²) in [6.45, 7) is 2.30. The van der Waals surface area contributed by atoms with Gasteiger partial charge in [0.1, 0.15) is 16.6 Å². The van der Waals surface area contributed by atoms with E-state index in [2.05, 4.69) is 5.32 Å². The number of rotatable bonds is 8. The first-order valence-corrected chi connectivity index (χ1v) is 10.7. The predicted octanol–water partition coefficient (Wildman–Crippen LogP) is 3.94. The number of thiocarbonyl (C=S) groups is 1. The summed E-state index contributed by atoms with van der Waals surface area (Å²) in [5.41, 5.74) is 1.37. The van der Waals surface area contributed by atoms with Crippen molar-refractivity contribution >= 4 is 51.9 Å². The minimum absolute atomic E-state index is 0.166. The van der Waals surface area contributed by atoms with E-state index in [0.717, 1.165) is 23.1 Å². The van der Waals surface area contributed by atoms with Crippen LogP contribution in [-0.4, -0.2) is 48.4 Å². The zero-order valence-corrected chi connectivity index (χ0v) is 19.0. The summed E-state index contributed by atoms with van der Waals surface area (Å²) in [6.07, 6.45) is 1.71. The highest BCUT2D eigenvalue weighted by molar-refractivity contribution is 8.26. The second-order valence-corrected chi connectivity index (χ2v) is 8.06. The van der Waals surface area contributed by atoms with Crippen LogP contribution in [0.4, 0.5) is 5.69 Å². The van der Waals surface area contributed by atoms with Crippen molar-refractivity contribution in [2.75, 3.05) is 32.7 Å². The third-order valence-electron chi connectivity index (χ3n) is 4.33. The van der Waals surface area contributed by atoms with Crippen LogP contribution < -0.4 is 19.5 Å². The molecule has 0 aromatic heterocycles. The number of amides is 2. The maximum absolute atomic E-state index is 12.8. The molecule has 0 unspecified atom stereocenters. The number of thioether (sulfide) groups is 1. The minimum Gasteiger partial charge on any atom is -0.494 e. The van der Waals surface area contributed by atoms with E-state index < -0.39 is 0 Å². The fourth-order valence-corrected chi connectivity index (χ4v) is 4.13. The van der Waals surface area contributed by atoms with Gasteiger partial charge in [-0.15, -0.1) is 0 Å². The molecule has 0 aliphatic carbocycles. The average Bonchev–Trinajstić information content (AvgIpc) is 3.02.